The average Bonchev–Trinajstić information content (AvgIpc) is 2.85. The molecule has 0 aliphatic heterocycles. The highest BCUT2D eigenvalue weighted by Gasteiger charge is 2.14. The summed E-state index contributed by atoms with van der Waals surface area (Å²) in [7, 11) is 0. The Kier molecular flexibility index (Phi) is 5.73. The van der Waals surface area contributed by atoms with E-state index in [0.29, 0.717) is 24.2 Å². The van der Waals surface area contributed by atoms with Gasteiger partial charge in [0.2, 0.25) is 5.91 Å². The quantitative estimate of drug-likeness (QED) is 0.730. The van der Waals surface area contributed by atoms with Gasteiger partial charge in [0.05, 0.1) is 6.42 Å². The molecule has 1 amide bonds. The van der Waals surface area contributed by atoms with Gasteiger partial charge in [-0.05, 0) is 43.9 Å². The maximum absolute atomic E-state index is 12.0. The molecule has 124 valence electrons. The van der Waals surface area contributed by atoms with Crippen molar-refractivity contribution in [3.8, 4) is 0 Å². The zero-order valence-electron chi connectivity index (χ0n) is 13.5. The minimum absolute atomic E-state index is 0.0987. The van der Waals surface area contributed by atoms with Crippen LogP contribution >= 0.6 is 0 Å². The molecule has 2 aromatic rings. The Morgan fingerprint density at radius 2 is 2.00 bits per heavy atom. The van der Waals surface area contributed by atoms with Crippen LogP contribution in [0.15, 0.2) is 16.7 Å². The van der Waals surface area contributed by atoms with Gasteiger partial charge >= 0.3 is 5.97 Å². The van der Waals surface area contributed by atoms with Gasteiger partial charge in [-0.15, -0.1) is 0 Å². The highest BCUT2D eigenvalue weighted by molar-refractivity contribution is 5.88. The van der Waals surface area contributed by atoms with Crippen molar-refractivity contribution in [1.82, 2.24) is 10.5 Å². The molecule has 0 saturated carbocycles. The molecular formula is C17H22N2O4. The van der Waals surface area contributed by atoms with E-state index in [1.165, 1.54) is 0 Å². The number of amides is 1. The molecule has 0 atom stereocenters. The van der Waals surface area contributed by atoms with Gasteiger partial charge in [0.1, 0.15) is 5.69 Å². The number of benzene rings is 1. The van der Waals surface area contributed by atoms with Crippen molar-refractivity contribution in [2.24, 2.45) is 0 Å². The van der Waals surface area contributed by atoms with Gasteiger partial charge in [-0.3, -0.25) is 9.59 Å². The molecule has 0 aliphatic carbocycles. The fraction of sp³-hybridized carbons (Fsp3) is 0.471. The lowest BCUT2D eigenvalue weighted by molar-refractivity contribution is -0.137. The van der Waals surface area contributed by atoms with Crippen molar-refractivity contribution < 1.29 is 19.2 Å². The second kappa shape index (κ2) is 7.76. The molecule has 0 bridgehead atoms. The van der Waals surface area contributed by atoms with E-state index in [4.69, 9.17) is 9.63 Å². The molecule has 0 fully saturated rings. The second-order valence-corrected chi connectivity index (χ2v) is 5.82. The van der Waals surface area contributed by atoms with E-state index in [-0.39, 0.29) is 18.7 Å². The van der Waals surface area contributed by atoms with E-state index in [0.717, 1.165) is 29.4 Å². The highest BCUT2D eigenvalue weighted by atomic mass is 16.5. The first-order chi connectivity index (χ1) is 11.0. The molecule has 0 aliphatic rings. The monoisotopic (exact) mass is 318 g/mol. The number of aliphatic carboxylic acids is 1. The van der Waals surface area contributed by atoms with Crippen LogP contribution in [-0.2, 0) is 16.0 Å². The lowest BCUT2D eigenvalue weighted by Crippen LogP contribution is -2.26. The molecular weight excluding hydrogens is 296 g/mol. The molecule has 6 nitrogen and oxygen atoms in total. The summed E-state index contributed by atoms with van der Waals surface area (Å²) in [6, 6.07) is 3.96. The number of unbranched alkanes of at least 4 members (excludes halogenated alkanes) is 2. The summed E-state index contributed by atoms with van der Waals surface area (Å²) in [6.07, 6.45) is 2.57. The molecule has 2 rings (SSSR count). The van der Waals surface area contributed by atoms with Gasteiger partial charge in [0, 0.05) is 18.4 Å². The zero-order chi connectivity index (χ0) is 16.8. The molecule has 6 heteroatoms. The fourth-order valence-corrected chi connectivity index (χ4v) is 2.66. The third kappa shape index (κ3) is 4.81. The SMILES string of the molecule is Cc1cc(C)c2c(CC(=O)NCCCCCC(=O)O)noc2c1. The fourth-order valence-electron chi connectivity index (χ4n) is 2.66. The number of rotatable bonds is 8. The first-order valence-electron chi connectivity index (χ1n) is 7.81. The van der Waals surface area contributed by atoms with Gasteiger partial charge in [-0.25, -0.2) is 0 Å². The molecule has 23 heavy (non-hydrogen) atoms. The molecule has 1 aromatic heterocycles. The van der Waals surface area contributed by atoms with Crippen LogP contribution in [0, 0.1) is 13.8 Å². The Bertz CT molecular complexity index is 706. The summed E-state index contributed by atoms with van der Waals surface area (Å²) in [6.45, 7) is 4.52. The number of hydrogen-bond donors (Lipinski definition) is 2. The Morgan fingerprint density at radius 3 is 2.74 bits per heavy atom. The number of carbonyl (C=O) groups excluding carboxylic acids is 1. The van der Waals surface area contributed by atoms with Crippen LogP contribution in [0.4, 0.5) is 0 Å². The first kappa shape index (κ1) is 17.0. The van der Waals surface area contributed by atoms with Crippen LogP contribution < -0.4 is 5.32 Å². The lowest BCUT2D eigenvalue weighted by atomic mass is 10.0. The standard InChI is InChI=1S/C17H22N2O4/c1-11-8-12(2)17-13(19-23-14(17)9-11)10-15(20)18-7-5-3-4-6-16(21)22/h8-9H,3-7,10H2,1-2H3,(H,18,20)(H,21,22). The van der Waals surface area contributed by atoms with Crippen molar-refractivity contribution in [3.63, 3.8) is 0 Å². The van der Waals surface area contributed by atoms with Crippen LogP contribution in [0.5, 0.6) is 0 Å². The average molecular weight is 318 g/mol. The van der Waals surface area contributed by atoms with Crippen molar-refractivity contribution in [2.75, 3.05) is 6.54 Å². The maximum Gasteiger partial charge on any atom is 0.303 e. The molecule has 0 spiro atoms. The molecule has 0 unspecified atom stereocenters. The van der Waals surface area contributed by atoms with E-state index in [1.54, 1.807) is 0 Å². The van der Waals surface area contributed by atoms with Crippen LogP contribution in [-0.4, -0.2) is 28.7 Å². The maximum atomic E-state index is 12.0. The smallest absolute Gasteiger partial charge is 0.303 e. The minimum atomic E-state index is -0.780. The number of carboxylic acid groups (broad SMARTS) is 1. The number of aromatic nitrogens is 1. The van der Waals surface area contributed by atoms with Gasteiger partial charge < -0.3 is 14.9 Å². The number of carbonyl (C=O) groups is 2. The van der Waals surface area contributed by atoms with Gasteiger partial charge in [-0.1, -0.05) is 17.6 Å². The van der Waals surface area contributed by atoms with Crippen LogP contribution in [0.2, 0.25) is 0 Å². The first-order valence-corrected chi connectivity index (χ1v) is 7.81. The Labute approximate surface area is 134 Å². The Morgan fingerprint density at radius 1 is 1.22 bits per heavy atom. The molecule has 0 saturated heterocycles. The number of fused-ring (bicyclic) bond motifs is 1. The number of nitrogens with zero attached hydrogens (tertiary/aromatic N) is 1. The normalized spacial score (nSPS) is 10.9. The Hall–Kier alpha value is -2.37. The summed E-state index contributed by atoms with van der Waals surface area (Å²) in [5.41, 5.74) is 3.51. The number of aryl methyl sites for hydroxylation is 2. The van der Waals surface area contributed by atoms with E-state index in [9.17, 15) is 9.59 Å². The van der Waals surface area contributed by atoms with Crippen LogP contribution in [0.3, 0.4) is 0 Å². The minimum Gasteiger partial charge on any atom is -0.481 e. The second-order valence-electron chi connectivity index (χ2n) is 5.82. The predicted octanol–water partition coefficient (Wildman–Crippen LogP) is 2.75. The van der Waals surface area contributed by atoms with Gasteiger partial charge in [0.25, 0.3) is 0 Å². The highest BCUT2D eigenvalue weighted by Crippen LogP contribution is 2.24. The summed E-state index contributed by atoms with van der Waals surface area (Å²) in [5.74, 6) is -0.879. The number of nitrogens with one attached hydrogen (secondary N) is 1. The van der Waals surface area contributed by atoms with E-state index < -0.39 is 5.97 Å². The molecule has 1 heterocycles. The topological polar surface area (TPSA) is 92.4 Å². The van der Waals surface area contributed by atoms with E-state index in [1.807, 2.05) is 26.0 Å². The summed E-state index contributed by atoms with van der Waals surface area (Å²) < 4.78 is 5.31. The predicted molar refractivity (Wildman–Crippen MR) is 86.3 cm³/mol. The van der Waals surface area contributed by atoms with Gasteiger partial charge in [-0.2, -0.15) is 0 Å². The lowest BCUT2D eigenvalue weighted by Gasteiger charge is -2.04. The Balaban J connectivity index is 1.83. The largest absolute Gasteiger partial charge is 0.481 e. The summed E-state index contributed by atoms with van der Waals surface area (Å²) in [4.78, 5) is 22.4. The molecule has 2 N–H and O–H groups in total. The molecule has 0 radical (unpaired) electrons. The third-order valence-corrected chi connectivity index (χ3v) is 3.70. The number of carboxylic acids is 1. The van der Waals surface area contributed by atoms with E-state index in [2.05, 4.69) is 10.5 Å². The third-order valence-electron chi connectivity index (χ3n) is 3.70. The van der Waals surface area contributed by atoms with Crippen molar-refractivity contribution in [2.45, 2.75) is 46.0 Å². The van der Waals surface area contributed by atoms with Crippen LogP contribution in [0.25, 0.3) is 11.0 Å². The summed E-state index contributed by atoms with van der Waals surface area (Å²) >= 11 is 0. The van der Waals surface area contributed by atoms with Crippen molar-refractivity contribution in [1.29, 1.82) is 0 Å². The van der Waals surface area contributed by atoms with E-state index >= 15 is 0 Å². The van der Waals surface area contributed by atoms with Gasteiger partial charge in [0.15, 0.2) is 5.58 Å². The zero-order valence-corrected chi connectivity index (χ0v) is 13.5. The number of hydrogen-bond acceptors (Lipinski definition) is 4. The molecule has 1 aromatic carbocycles. The van der Waals surface area contributed by atoms with Crippen molar-refractivity contribution >= 4 is 22.8 Å². The van der Waals surface area contributed by atoms with Crippen LogP contribution in [0.1, 0.15) is 42.5 Å². The van der Waals surface area contributed by atoms with Crippen molar-refractivity contribution in [3.05, 3.63) is 29.0 Å². The summed E-state index contributed by atoms with van der Waals surface area (Å²) in [5, 5.41) is 16.3.